The number of hydrogen-bond donors (Lipinski definition) is 2. The molecule has 0 aliphatic carbocycles. The van der Waals surface area contributed by atoms with Gasteiger partial charge in [0.15, 0.2) is 0 Å². The molecule has 5 rings (SSSR count). The first-order valence-electron chi connectivity index (χ1n) is 12.1. The van der Waals surface area contributed by atoms with E-state index in [2.05, 4.69) is 22.2 Å². The number of rotatable bonds is 7. The van der Waals surface area contributed by atoms with Crippen LogP contribution in [0.1, 0.15) is 6.42 Å². The summed E-state index contributed by atoms with van der Waals surface area (Å²) < 4.78 is 20.2. The van der Waals surface area contributed by atoms with Crippen molar-refractivity contribution in [1.82, 2.24) is 14.9 Å². The van der Waals surface area contributed by atoms with Crippen LogP contribution in [-0.4, -0.2) is 53.2 Å². The van der Waals surface area contributed by atoms with E-state index in [1.807, 2.05) is 78.7 Å². The van der Waals surface area contributed by atoms with Crippen molar-refractivity contribution in [3.05, 3.63) is 85.6 Å². The van der Waals surface area contributed by atoms with Gasteiger partial charge in [-0.1, -0.05) is 36.9 Å². The molecule has 7 nitrogen and oxygen atoms in total. The fraction of sp³-hybridized carbons (Fsp3) is 0.207. The first-order chi connectivity index (χ1) is 18.0. The van der Waals surface area contributed by atoms with Crippen molar-refractivity contribution < 1.29 is 13.9 Å². The number of hydrogen-bond acceptors (Lipinski definition) is 6. The lowest BCUT2D eigenvalue weighted by Crippen LogP contribution is -2.45. The molecule has 1 aliphatic rings. The van der Waals surface area contributed by atoms with E-state index in [1.165, 1.54) is 6.08 Å². The Labute approximate surface area is 215 Å². The van der Waals surface area contributed by atoms with Gasteiger partial charge in [-0.05, 0) is 61.5 Å². The van der Waals surface area contributed by atoms with E-state index in [0.29, 0.717) is 30.4 Å². The van der Waals surface area contributed by atoms with Crippen LogP contribution in [0.4, 0.5) is 21.7 Å². The lowest BCUT2D eigenvalue weighted by atomic mass is 10.0. The molecule has 2 atom stereocenters. The average Bonchev–Trinajstić information content (AvgIpc) is 2.91. The molecule has 0 unspecified atom stereocenters. The Morgan fingerprint density at radius 1 is 1.14 bits per heavy atom. The number of halogens is 1. The van der Waals surface area contributed by atoms with Gasteiger partial charge in [0.1, 0.15) is 18.0 Å². The number of nitrogens with zero attached hydrogens (tertiary/aromatic N) is 3. The molecule has 4 aromatic rings. The summed E-state index contributed by atoms with van der Waals surface area (Å²) in [5.74, 6) is 0.813. The third kappa shape index (κ3) is 5.76. The molecule has 1 aliphatic heterocycles. The van der Waals surface area contributed by atoms with E-state index in [1.54, 1.807) is 6.20 Å². The topological polar surface area (TPSA) is 79.4 Å². The van der Waals surface area contributed by atoms with Crippen LogP contribution in [0.15, 0.2) is 85.6 Å². The Hall–Kier alpha value is -4.30. The maximum absolute atomic E-state index is 14.3. The summed E-state index contributed by atoms with van der Waals surface area (Å²) in [6.45, 7) is 4.71. The molecule has 37 heavy (non-hydrogen) atoms. The third-order valence-electron chi connectivity index (χ3n) is 6.32. The number of alkyl halides is 1. The molecule has 188 valence electrons. The predicted molar refractivity (Wildman–Crippen MR) is 145 cm³/mol. The number of amides is 1. The summed E-state index contributed by atoms with van der Waals surface area (Å²) in [5, 5.41) is 6.93. The normalized spacial score (nSPS) is 17.8. The van der Waals surface area contributed by atoms with Gasteiger partial charge in [-0.25, -0.2) is 14.4 Å². The molecular formula is C29H28FN5O2. The SMILES string of the molecule is C=CC(=O)Nc1cccc(-c2cccc3cnc(Nc4ccc(O[C@H]5CCN(C)C[C@@H]5F)cc4)nc23)c1. The number of benzene rings is 3. The maximum Gasteiger partial charge on any atom is 0.247 e. The van der Waals surface area contributed by atoms with Crippen LogP contribution in [0.25, 0.3) is 22.0 Å². The fourth-order valence-electron chi connectivity index (χ4n) is 4.40. The first kappa shape index (κ1) is 24.4. The zero-order valence-corrected chi connectivity index (χ0v) is 20.5. The largest absolute Gasteiger partial charge is 0.487 e. The molecule has 1 fully saturated rings. The molecule has 2 N–H and O–H groups in total. The summed E-state index contributed by atoms with van der Waals surface area (Å²) >= 11 is 0. The van der Waals surface area contributed by atoms with Gasteiger partial charge in [-0.15, -0.1) is 0 Å². The number of piperidine rings is 1. The van der Waals surface area contributed by atoms with Crippen LogP contribution in [0, 0.1) is 0 Å². The van der Waals surface area contributed by atoms with Crippen molar-refractivity contribution in [2.75, 3.05) is 30.8 Å². The Bertz CT molecular complexity index is 1430. The molecule has 1 aromatic heterocycles. The van der Waals surface area contributed by atoms with Crippen LogP contribution in [0.2, 0.25) is 0 Å². The molecule has 0 spiro atoms. The fourth-order valence-corrected chi connectivity index (χ4v) is 4.40. The van der Waals surface area contributed by atoms with Crippen molar-refractivity contribution in [3.63, 3.8) is 0 Å². The molecule has 0 radical (unpaired) electrons. The number of para-hydroxylation sites is 1. The average molecular weight is 498 g/mol. The predicted octanol–water partition coefficient (Wildman–Crippen LogP) is 5.59. The molecule has 1 saturated heterocycles. The van der Waals surface area contributed by atoms with Crippen LogP contribution in [0.5, 0.6) is 5.75 Å². The molecule has 1 amide bonds. The maximum atomic E-state index is 14.3. The number of aromatic nitrogens is 2. The van der Waals surface area contributed by atoms with Gasteiger partial charge in [0, 0.05) is 41.6 Å². The van der Waals surface area contributed by atoms with Gasteiger partial charge in [-0.3, -0.25) is 4.79 Å². The number of fused-ring (bicyclic) bond motifs is 1. The van der Waals surface area contributed by atoms with Gasteiger partial charge in [0.25, 0.3) is 0 Å². The van der Waals surface area contributed by atoms with Crippen molar-refractivity contribution >= 4 is 34.1 Å². The standard InChI is InChI=1S/C29H28FN5O2/c1-3-27(36)32-22-8-4-6-19(16-22)24-9-5-7-20-17-31-29(34-28(20)24)33-21-10-12-23(13-11-21)37-26-14-15-35(2)18-25(26)30/h3-13,16-17,25-26H,1,14-15,18H2,2H3,(H,32,36)(H,31,33,34)/t25-,26-/m0/s1. The second kappa shape index (κ2) is 10.8. The monoisotopic (exact) mass is 497 g/mol. The van der Waals surface area contributed by atoms with Gasteiger partial charge < -0.3 is 20.3 Å². The Balaban J connectivity index is 1.34. The molecule has 0 saturated carbocycles. The highest BCUT2D eigenvalue weighted by Crippen LogP contribution is 2.30. The van der Waals surface area contributed by atoms with Gasteiger partial charge in [-0.2, -0.15) is 0 Å². The lowest BCUT2D eigenvalue weighted by molar-refractivity contribution is -0.111. The second-order valence-electron chi connectivity index (χ2n) is 9.08. The zero-order chi connectivity index (χ0) is 25.8. The zero-order valence-electron chi connectivity index (χ0n) is 20.5. The Kier molecular flexibility index (Phi) is 7.09. The highest BCUT2D eigenvalue weighted by atomic mass is 19.1. The van der Waals surface area contributed by atoms with Crippen molar-refractivity contribution in [3.8, 4) is 16.9 Å². The second-order valence-corrected chi connectivity index (χ2v) is 9.08. The minimum atomic E-state index is -1.00. The number of anilines is 3. The number of carbonyl (C=O) groups is 1. The first-order valence-corrected chi connectivity index (χ1v) is 12.1. The van der Waals surface area contributed by atoms with Gasteiger partial charge in [0.2, 0.25) is 11.9 Å². The van der Waals surface area contributed by atoms with Gasteiger partial charge >= 0.3 is 0 Å². The Morgan fingerprint density at radius 3 is 2.73 bits per heavy atom. The molecule has 0 bridgehead atoms. The van der Waals surface area contributed by atoms with E-state index in [4.69, 9.17) is 9.72 Å². The Morgan fingerprint density at radius 2 is 1.95 bits per heavy atom. The molecule has 8 heteroatoms. The van der Waals surface area contributed by atoms with E-state index >= 15 is 0 Å². The van der Waals surface area contributed by atoms with E-state index in [9.17, 15) is 9.18 Å². The van der Waals surface area contributed by atoms with Crippen molar-refractivity contribution in [1.29, 1.82) is 0 Å². The summed E-state index contributed by atoms with van der Waals surface area (Å²) in [5.41, 5.74) is 4.08. The molecule has 2 heterocycles. The van der Waals surface area contributed by atoms with E-state index < -0.39 is 12.3 Å². The van der Waals surface area contributed by atoms with Crippen LogP contribution in [-0.2, 0) is 4.79 Å². The number of likely N-dealkylation sites (tertiary alicyclic amines) is 1. The minimum Gasteiger partial charge on any atom is -0.487 e. The highest BCUT2D eigenvalue weighted by Gasteiger charge is 2.29. The summed E-state index contributed by atoms with van der Waals surface area (Å²) in [6.07, 6.45) is 2.24. The quantitative estimate of drug-likeness (QED) is 0.324. The number of nitrogens with one attached hydrogen (secondary N) is 2. The van der Waals surface area contributed by atoms with Crippen molar-refractivity contribution in [2.24, 2.45) is 0 Å². The summed E-state index contributed by atoms with van der Waals surface area (Å²) in [7, 11) is 1.92. The molecule has 3 aromatic carbocycles. The summed E-state index contributed by atoms with van der Waals surface area (Å²) in [6, 6.07) is 20.8. The van der Waals surface area contributed by atoms with E-state index in [0.717, 1.165) is 34.3 Å². The van der Waals surface area contributed by atoms with Crippen LogP contribution >= 0.6 is 0 Å². The minimum absolute atomic E-state index is 0.267. The van der Waals surface area contributed by atoms with E-state index in [-0.39, 0.29) is 5.91 Å². The number of carbonyl (C=O) groups excluding carboxylic acids is 1. The van der Waals surface area contributed by atoms with Gasteiger partial charge in [0.05, 0.1) is 5.52 Å². The molecular weight excluding hydrogens is 469 g/mol. The highest BCUT2D eigenvalue weighted by molar-refractivity contribution is 6.00. The van der Waals surface area contributed by atoms with Crippen LogP contribution < -0.4 is 15.4 Å². The smallest absolute Gasteiger partial charge is 0.247 e. The van der Waals surface area contributed by atoms with Crippen molar-refractivity contribution in [2.45, 2.75) is 18.7 Å². The third-order valence-corrected chi connectivity index (χ3v) is 6.32. The van der Waals surface area contributed by atoms with Crippen LogP contribution in [0.3, 0.4) is 0 Å². The lowest BCUT2D eigenvalue weighted by Gasteiger charge is -2.32. The summed E-state index contributed by atoms with van der Waals surface area (Å²) in [4.78, 5) is 22.9. The number of ether oxygens (including phenoxy) is 1.